The molecule has 0 saturated carbocycles. The number of hydrogen-bond acceptors (Lipinski definition) is 4. The summed E-state index contributed by atoms with van der Waals surface area (Å²) in [5.74, 6) is -0.0500. The van der Waals surface area contributed by atoms with E-state index in [1.807, 2.05) is 13.8 Å². The number of benzene rings is 1. The highest BCUT2D eigenvalue weighted by molar-refractivity contribution is 7.92. The lowest BCUT2D eigenvalue weighted by Crippen LogP contribution is -2.30. The lowest BCUT2D eigenvalue weighted by atomic mass is 10.1. The molecule has 0 aliphatic carbocycles. The number of rotatable bonds is 7. The topological polar surface area (TPSA) is 84.5 Å². The molecule has 1 aromatic rings. The van der Waals surface area contributed by atoms with Gasteiger partial charge in [0, 0.05) is 13.2 Å². The van der Waals surface area contributed by atoms with Crippen LogP contribution in [0.4, 0.5) is 5.69 Å². The molecule has 23 heavy (non-hydrogen) atoms. The minimum atomic E-state index is -3.56. The molecular formula is C16H24N2O4S. The smallest absolute Gasteiger partial charge is 0.253 e. The monoisotopic (exact) mass is 340 g/mol. The molecule has 6 nitrogen and oxygen atoms in total. The van der Waals surface area contributed by atoms with E-state index in [2.05, 4.69) is 10.0 Å². The largest absolute Gasteiger partial charge is 0.377 e. The predicted octanol–water partition coefficient (Wildman–Crippen LogP) is 1.99. The molecule has 0 radical (unpaired) electrons. The van der Waals surface area contributed by atoms with E-state index in [4.69, 9.17) is 4.74 Å². The fourth-order valence-corrected chi connectivity index (χ4v) is 3.74. The van der Waals surface area contributed by atoms with Crippen LogP contribution in [-0.4, -0.2) is 39.3 Å². The van der Waals surface area contributed by atoms with Crippen LogP contribution in [0.3, 0.4) is 0 Å². The summed E-state index contributed by atoms with van der Waals surface area (Å²) in [6.07, 6.45) is 1.36. The summed E-state index contributed by atoms with van der Waals surface area (Å²) in [5, 5.41) is 2.80. The zero-order chi connectivity index (χ0) is 16.9. The van der Waals surface area contributed by atoms with Gasteiger partial charge in [-0.1, -0.05) is 26.0 Å². The molecule has 0 bridgehead atoms. The van der Waals surface area contributed by atoms with Crippen LogP contribution < -0.4 is 10.0 Å². The van der Waals surface area contributed by atoms with Crippen LogP contribution in [0.5, 0.6) is 0 Å². The third kappa shape index (κ3) is 5.51. The Kier molecular flexibility index (Phi) is 6.01. The van der Waals surface area contributed by atoms with Gasteiger partial charge in [-0.15, -0.1) is 0 Å². The average molecular weight is 340 g/mol. The number of carbonyl (C=O) groups excluding carboxylic acids is 1. The fourth-order valence-electron chi connectivity index (χ4n) is 2.39. The summed E-state index contributed by atoms with van der Waals surface area (Å²) < 4.78 is 32.4. The second-order valence-corrected chi connectivity index (χ2v) is 7.93. The van der Waals surface area contributed by atoms with Gasteiger partial charge in [-0.25, -0.2) is 8.42 Å². The number of ether oxygens (including phenoxy) is 1. The number of nitrogens with one attached hydrogen (secondary N) is 2. The van der Waals surface area contributed by atoms with Gasteiger partial charge < -0.3 is 10.1 Å². The van der Waals surface area contributed by atoms with Gasteiger partial charge in [0.1, 0.15) is 0 Å². The van der Waals surface area contributed by atoms with Crippen molar-refractivity contribution in [3.8, 4) is 0 Å². The van der Waals surface area contributed by atoms with E-state index >= 15 is 0 Å². The van der Waals surface area contributed by atoms with Crippen LogP contribution in [0.2, 0.25) is 0 Å². The number of amides is 1. The van der Waals surface area contributed by atoms with Crippen LogP contribution in [0.15, 0.2) is 24.3 Å². The van der Waals surface area contributed by atoms with Gasteiger partial charge in [0.2, 0.25) is 10.0 Å². The summed E-state index contributed by atoms with van der Waals surface area (Å²) in [4.78, 5) is 12.2. The Morgan fingerprint density at radius 2 is 2.09 bits per heavy atom. The van der Waals surface area contributed by atoms with Gasteiger partial charge in [0.05, 0.1) is 23.1 Å². The van der Waals surface area contributed by atoms with Crippen LogP contribution in [0, 0.1) is 5.92 Å². The fraction of sp³-hybridized carbons (Fsp3) is 0.562. The highest BCUT2D eigenvalue weighted by atomic mass is 32.2. The summed E-state index contributed by atoms with van der Waals surface area (Å²) >= 11 is 0. The minimum Gasteiger partial charge on any atom is -0.377 e. The third-order valence-electron chi connectivity index (χ3n) is 3.54. The molecule has 1 aromatic carbocycles. The van der Waals surface area contributed by atoms with Gasteiger partial charge in [0.25, 0.3) is 5.91 Å². The average Bonchev–Trinajstić information content (AvgIpc) is 2.96. The minimum absolute atomic E-state index is 0.0883. The van der Waals surface area contributed by atoms with E-state index in [9.17, 15) is 13.2 Å². The van der Waals surface area contributed by atoms with Crippen molar-refractivity contribution in [2.45, 2.75) is 32.8 Å². The maximum Gasteiger partial charge on any atom is 0.253 e. The molecule has 128 valence electrons. The second-order valence-electron chi connectivity index (χ2n) is 6.17. The van der Waals surface area contributed by atoms with Gasteiger partial charge in [-0.2, -0.15) is 0 Å². The van der Waals surface area contributed by atoms with Crippen LogP contribution in [0.25, 0.3) is 0 Å². The molecule has 0 spiro atoms. The van der Waals surface area contributed by atoms with Crippen molar-refractivity contribution in [2.24, 2.45) is 5.92 Å². The Hall–Kier alpha value is -1.60. The Balaban J connectivity index is 2.08. The van der Waals surface area contributed by atoms with Crippen molar-refractivity contribution >= 4 is 21.6 Å². The Bertz CT molecular complexity index is 637. The summed E-state index contributed by atoms with van der Waals surface area (Å²) in [6.45, 7) is 5.14. The first-order chi connectivity index (χ1) is 10.9. The molecule has 0 aromatic heterocycles. The van der Waals surface area contributed by atoms with E-state index < -0.39 is 10.0 Å². The summed E-state index contributed by atoms with van der Waals surface area (Å²) in [6, 6.07) is 6.61. The molecule has 1 amide bonds. The number of hydrogen-bond donors (Lipinski definition) is 2. The maximum absolute atomic E-state index is 12.3. The first kappa shape index (κ1) is 17.7. The zero-order valence-electron chi connectivity index (χ0n) is 13.5. The second kappa shape index (κ2) is 7.79. The number of anilines is 1. The highest BCUT2D eigenvalue weighted by Gasteiger charge is 2.24. The standard InChI is InChI=1S/C16H24N2O4S/c1-12(2)10-17-16(19)14-7-3-4-8-15(14)18-23(20,21)11-13-6-5-9-22-13/h3-4,7-8,12-13,18H,5-6,9-11H2,1-2H3,(H,17,19)/t13-/m0/s1. The van der Waals surface area contributed by atoms with Gasteiger partial charge in [0.15, 0.2) is 0 Å². The Labute approximate surface area is 137 Å². The quantitative estimate of drug-likeness (QED) is 0.795. The molecule has 1 heterocycles. The Morgan fingerprint density at radius 1 is 1.35 bits per heavy atom. The van der Waals surface area contributed by atoms with Crippen molar-refractivity contribution in [2.75, 3.05) is 23.6 Å². The molecule has 2 rings (SSSR count). The summed E-state index contributed by atoms with van der Waals surface area (Å²) in [7, 11) is -3.56. The molecular weight excluding hydrogens is 316 g/mol. The van der Waals surface area contributed by atoms with Crippen LogP contribution in [-0.2, 0) is 14.8 Å². The highest BCUT2D eigenvalue weighted by Crippen LogP contribution is 2.19. The molecule has 1 aliphatic heterocycles. The predicted molar refractivity (Wildman–Crippen MR) is 90.0 cm³/mol. The third-order valence-corrected chi connectivity index (χ3v) is 4.88. The lowest BCUT2D eigenvalue weighted by molar-refractivity contribution is 0.0950. The SMILES string of the molecule is CC(C)CNC(=O)c1ccccc1NS(=O)(=O)C[C@@H]1CCCO1. The van der Waals surface area contributed by atoms with Crippen molar-refractivity contribution in [1.82, 2.24) is 5.32 Å². The van der Waals surface area contributed by atoms with Crippen molar-refractivity contribution in [3.63, 3.8) is 0 Å². The maximum atomic E-state index is 12.3. The number of sulfonamides is 1. The van der Waals surface area contributed by atoms with Crippen molar-refractivity contribution in [3.05, 3.63) is 29.8 Å². The first-order valence-corrected chi connectivity index (χ1v) is 9.52. The van der Waals surface area contributed by atoms with Gasteiger partial charge in [-0.05, 0) is 30.9 Å². The Morgan fingerprint density at radius 3 is 2.74 bits per heavy atom. The van der Waals surface area contributed by atoms with Gasteiger partial charge in [-0.3, -0.25) is 9.52 Å². The normalized spacial score (nSPS) is 18.1. The molecule has 1 aliphatic rings. The lowest BCUT2D eigenvalue weighted by Gasteiger charge is -2.15. The van der Waals surface area contributed by atoms with E-state index in [-0.39, 0.29) is 17.8 Å². The summed E-state index contributed by atoms with van der Waals surface area (Å²) in [5.41, 5.74) is 0.621. The van der Waals surface area contributed by atoms with Crippen molar-refractivity contribution in [1.29, 1.82) is 0 Å². The number of para-hydroxylation sites is 1. The molecule has 1 atom stereocenters. The van der Waals surface area contributed by atoms with Crippen LogP contribution in [0.1, 0.15) is 37.0 Å². The molecule has 7 heteroatoms. The molecule has 1 fully saturated rings. The van der Waals surface area contributed by atoms with Crippen LogP contribution >= 0.6 is 0 Å². The van der Waals surface area contributed by atoms with E-state index in [1.54, 1.807) is 24.3 Å². The molecule has 2 N–H and O–H groups in total. The van der Waals surface area contributed by atoms with E-state index in [1.165, 1.54) is 0 Å². The first-order valence-electron chi connectivity index (χ1n) is 7.86. The van der Waals surface area contributed by atoms with E-state index in [0.717, 1.165) is 12.8 Å². The van der Waals surface area contributed by atoms with E-state index in [0.29, 0.717) is 30.3 Å². The van der Waals surface area contributed by atoms with Gasteiger partial charge >= 0.3 is 0 Å². The van der Waals surface area contributed by atoms with Crippen molar-refractivity contribution < 1.29 is 17.9 Å². The number of carbonyl (C=O) groups is 1. The molecule has 1 saturated heterocycles. The zero-order valence-corrected chi connectivity index (χ0v) is 14.4. The molecule has 0 unspecified atom stereocenters.